The van der Waals surface area contributed by atoms with Crippen molar-refractivity contribution < 1.29 is 18.0 Å². The van der Waals surface area contributed by atoms with Gasteiger partial charge in [0.15, 0.2) is 0 Å². The van der Waals surface area contributed by atoms with E-state index in [0.29, 0.717) is 39.8 Å². The van der Waals surface area contributed by atoms with Crippen molar-refractivity contribution in [2.45, 2.75) is 46.2 Å². The van der Waals surface area contributed by atoms with Gasteiger partial charge in [-0.3, -0.25) is 13.9 Å². The number of amides is 2. The quantitative estimate of drug-likeness (QED) is 0.469. The van der Waals surface area contributed by atoms with Crippen molar-refractivity contribution in [3.05, 3.63) is 63.6 Å². The lowest BCUT2D eigenvalue weighted by atomic mass is 10.1. The number of rotatable bonds is 11. The number of anilines is 1. The zero-order valence-electron chi connectivity index (χ0n) is 19.8. The first-order chi connectivity index (χ1) is 16.0. The zero-order valence-corrected chi connectivity index (χ0v) is 22.2. The van der Waals surface area contributed by atoms with Crippen LogP contribution in [0.25, 0.3) is 0 Å². The molecule has 0 bridgehead atoms. The van der Waals surface area contributed by atoms with Crippen LogP contribution in [0.5, 0.6) is 0 Å². The predicted molar refractivity (Wildman–Crippen MR) is 138 cm³/mol. The molecule has 0 aliphatic rings. The Kier molecular flexibility index (Phi) is 10.2. The maximum Gasteiger partial charge on any atom is 0.244 e. The summed E-state index contributed by atoms with van der Waals surface area (Å²) < 4.78 is 26.4. The number of carbonyl (C=O) groups is 2. The van der Waals surface area contributed by atoms with Gasteiger partial charge in [0.25, 0.3) is 0 Å². The van der Waals surface area contributed by atoms with Crippen LogP contribution in [0.2, 0.25) is 10.0 Å². The molecule has 1 N–H and O–H groups in total. The van der Waals surface area contributed by atoms with Crippen LogP contribution in [0, 0.1) is 6.92 Å². The molecule has 186 valence electrons. The molecule has 0 aliphatic carbocycles. The number of para-hydroxylation sites is 1. The fraction of sp³-hybridized carbons (Fsp3) is 0.417. The monoisotopic (exact) mass is 527 g/mol. The summed E-state index contributed by atoms with van der Waals surface area (Å²) in [4.78, 5) is 27.9. The maximum atomic E-state index is 13.6. The molecule has 0 saturated heterocycles. The molecule has 0 heterocycles. The minimum absolute atomic E-state index is 0.0261. The largest absolute Gasteiger partial charge is 0.354 e. The van der Waals surface area contributed by atoms with Crippen molar-refractivity contribution in [3.8, 4) is 0 Å². The van der Waals surface area contributed by atoms with Crippen molar-refractivity contribution in [1.82, 2.24) is 10.2 Å². The van der Waals surface area contributed by atoms with E-state index in [-0.39, 0.29) is 12.5 Å². The maximum absolute atomic E-state index is 13.6. The summed E-state index contributed by atoms with van der Waals surface area (Å²) in [6.07, 6.45) is 2.14. The third-order valence-corrected chi connectivity index (χ3v) is 7.07. The summed E-state index contributed by atoms with van der Waals surface area (Å²) in [6.45, 7) is 5.55. The molecule has 34 heavy (non-hydrogen) atoms. The Morgan fingerprint density at radius 2 is 1.76 bits per heavy atom. The number of hydrogen-bond donors (Lipinski definition) is 1. The number of sulfonamides is 1. The number of carbonyl (C=O) groups excluding carboxylic acids is 2. The van der Waals surface area contributed by atoms with Gasteiger partial charge in [-0.25, -0.2) is 8.42 Å². The highest BCUT2D eigenvalue weighted by Gasteiger charge is 2.32. The average molecular weight is 529 g/mol. The molecule has 0 spiro atoms. The standard InChI is InChI=1S/C24H31Cl2N3O4S/c1-5-13-27-24(31)21(6-2)28(15-18-11-12-19(25)14-20(18)26)23(30)16-29(34(4,32)33)22-10-8-7-9-17(22)3/h7-12,14,21H,5-6,13,15-16H2,1-4H3,(H,27,31)/t21-/m0/s1. The van der Waals surface area contributed by atoms with Gasteiger partial charge in [0.05, 0.1) is 11.9 Å². The Morgan fingerprint density at radius 1 is 1.09 bits per heavy atom. The van der Waals surface area contributed by atoms with Gasteiger partial charge in [0.1, 0.15) is 12.6 Å². The van der Waals surface area contributed by atoms with Crippen LogP contribution in [0.4, 0.5) is 5.69 Å². The molecule has 0 radical (unpaired) electrons. The minimum Gasteiger partial charge on any atom is -0.354 e. The van der Waals surface area contributed by atoms with Crippen molar-refractivity contribution in [2.75, 3.05) is 23.7 Å². The van der Waals surface area contributed by atoms with Gasteiger partial charge in [-0.1, -0.05) is 61.3 Å². The molecule has 0 saturated carbocycles. The fourth-order valence-electron chi connectivity index (χ4n) is 3.56. The van der Waals surface area contributed by atoms with Gasteiger partial charge in [0.2, 0.25) is 21.8 Å². The molecular weight excluding hydrogens is 497 g/mol. The second kappa shape index (κ2) is 12.4. The second-order valence-electron chi connectivity index (χ2n) is 8.03. The van der Waals surface area contributed by atoms with Gasteiger partial charge >= 0.3 is 0 Å². The third-order valence-electron chi connectivity index (χ3n) is 5.35. The summed E-state index contributed by atoms with van der Waals surface area (Å²) in [5, 5.41) is 3.63. The molecule has 7 nitrogen and oxygen atoms in total. The predicted octanol–water partition coefficient (Wildman–Crippen LogP) is 4.40. The molecule has 2 amide bonds. The molecule has 0 aliphatic heterocycles. The topological polar surface area (TPSA) is 86.8 Å². The number of aryl methyl sites for hydroxylation is 1. The van der Waals surface area contributed by atoms with Crippen LogP contribution >= 0.6 is 23.2 Å². The molecule has 2 rings (SSSR count). The Hall–Kier alpha value is -2.29. The van der Waals surface area contributed by atoms with E-state index in [2.05, 4.69) is 5.32 Å². The van der Waals surface area contributed by atoms with Gasteiger partial charge in [0, 0.05) is 23.1 Å². The lowest BCUT2D eigenvalue weighted by Gasteiger charge is -2.33. The van der Waals surface area contributed by atoms with Gasteiger partial charge < -0.3 is 10.2 Å². The number of nitrogens with zero attached hydrogens (tertiary/aromatic N) is 2. The highest BCUT2D eigenvalue weighted by atomic mass is 35.5. The number of halogens is 2. The Bertz CT molecular complexity index is 1120. The van der Waals surface area contributed by atoms with Gasteiger partial charge in [-0.2, -0.15) is 0 Å². The Labute approximate surface area is 212 Å². The number of nitrogens with one attached hydrogen (secondary N) is 1. The molecular formula is C24H31Cl2N3O4S. The van der Waals surface area contributed by atoms with Crippen LogP contribution < -0.4 is 9.62 Å². The van der Waals surface area contributed by atoms with E-state index in [1.165, 1.54) is 4.90 Å². The minimum atomic E-state index is -3.78. The van der Waals surface area contributed by atoms with Gasteiger partial charge in [-0.15, -0.1) is 0 Å². The highest BCUT2D eigenvalue weighted by Crippen LogP contribution is 2.26. The van der Waals surface area contributed by atoms with E-state index < -0.39 is 28.5 Å². The van der Waals surface area contributed by atoms with Crippen LogP contribution in [-0.4, -0.2) is 50.5 Å². The Morgan fingerprint density at radius 3 is 2.32 bits per heavy atom. The Balaban J connectivity index is 2.47. The van der Waals surface area contributed by atoms with E-state index in [0.717, 1.165) is 17.0 Å². The lowest BCUT2D eigenvalue weighted by molar-refractivity contribution is -0.140. The molecule has 2 aromatic carbocycles. The van der Waals surface area contributed by atoms with E-state index in [4.69, 9.17) is 23.2 Å². The van der Waals surface area contributed by atoms with Crippen LogP contribution in [0.3, 0.4) is 0 Å². The number of hydrogen-bond acceptors (Lipinski definition) is 4. The molecule has 1 atom stereocenters. The zero-order chi connectivity index (χ0) is 25.5. The molecule has 0 fully saturated rings. The van der Waals surface area contributed by atoms with Crippen molar-refractivity contribution in [2.24, 2.45) is 0 Å². The van der Waals surface area contributed by atoms with Crippen LogP contribution in [0.15, 0.2) is 42.5 Å². The summed E-state index contributed by atoms with van der Waals surface area (Å²) in [5.41, 5.74) is 1.72. The molecule has 0 unspecified atom stereocenters. The van der Waals surface area contributed by atoms with E-state index in [1.54, 1.807) is 56.3 Å². The van der Waals surface area contributed by atoms with Crippen LogP contribution in [-0.2, 0) is 26.2 Å². The molecule has 10 heteroatoms. The van der Waals surface area contributed by atoms with Crippen molar-refractivity contribution in [1.29, 1.82) is 0 Å². The first-order valence-electron chi connectivity index (χ1n) is 11.0. The average Bonchev–Trinajstić information content (AvgIpc) is 2.77. The first kappa shape index (κ1) is 28.0. The molecule has 0 aromatic heterocycles. The van der Waals surface area contributed by atoms with Crippen molar-refractivity contribution >= 4 is 50.7 Å². The summed E-state index contributed by atoms with van der Waals surface area (Å²) in [6, 6.07) is 11.0. The second-order valence-corrected chi connectivity index (χ2v) is 10.8. The SMILES string of the molecule is CCCNC(=O)[C@H](CC)N(Cc1ccc(Cl)cc1Cl)C(=O)CN(c1ccccc1C)S(C)(=O)=O. The molecule has 2 aromatic rings. The summed E-state index contributed by atoms with van der Waals surface area (Å²) in [5.74, 6) is -0.817. The highest BCUT2D eigenvalue weighted by molar-refractivity contribution is 7.92. The first-order valence-corrected chi connectivity index (χ1v) is 13.6. The summed E-state index contributed by atoms with van der Waals surface area (Å²) >= 11 is 12.4. The number of benzene rings is 2. The third kappa shape index (κ3) is 7.35. The normalized spacial score (nSPS) is 12.2. The van der Waals surface area contributed by atoms with Gasteiger partial charge in [-0.05, 0) is 49.1 Å². The van der Waals surface area contributed by atoms with E-state index in [1.807, 2.05) is 6.92 Å². The van der Waals surface area contributed by atoms with Crippen LogP contribution in [0.1, 0.15) is 37.8 Å². The summed E-state index contributed by atoms with van der Waals surface area (Å²) in [7, 11) is -3.78. The van der Waals surface area contributed by atoms with Crippen molar-refractivity contribution in [3.63, 3.8) is 0 Å². The fourth-order valence-corrected chi connectivity index (χ4v) is 4.93. The lowest BCUT2D eigenvalue weighted by Crippen LogP contribution is -2.52. The van der Waals surface area contributed by atoms with E-state index in [9.17, 15) is 18.0 Å². The smallest absolute Gasteiger partial charge is 0.244 e. The van der Waals surface area contributed by atoms with E-state index >= 15 is 0 Å².